The number of hydrogen-bond acceptors (Lipinski definition) is 6. The van der Waals surface area contributed by atoms with Crippen LogP contribution < -0.4 is 9.64 Å². The highest BCUT2D eigenvalue weighted by Gasteiger charge is 2.26. The second kappa shape index (κ2) is 5.75. The lowest BCUT2D eigenvalue weighted by atomic mass is 10.2. The number of aromatic nitrogens is 3. The van der Waals surface area contributed by atoms with E-state index in [4.69, 9.17) is 10.00 Å². The molecule has 6 nitrogen and oxygen atoms in total. The molecule has 106 valence electrons. The molecule has 2 aromatic rings. The second-order valence-electron chi connectivity index (χ2n) is 4.97. The lowest BCUT2D eigenvalue weighted by Crippen LogP contribution is -2.26. The zero-order valence-corrected chi connectivity index (χ0v) is 11.7. The molecule has 0 bridgehead atoms. The number of pyridine rings is 1. The average molecular weight is 281 g/mol. The van der Waals surface area contributed by atoms with Crippen LogP contribution >= 0.6 is 0 Å². The predicted molar refractivity (Wildman–Crippen MR) is 77.0 cm³/mol. The van der Waals surface area contributed by atoms with Crippen LogP contribution in [-0.2, 0) is 0 Å². The first-order chi connectivity index (χ1) is 10.3. The van der Waals surface area contributed by atoms with Crippen molar-refractivity contribution in [1.29, 1.82) is 5.26 Å². The summed E-state index contributed by atoms with van der Waals surface area (Å²) in [5.74, 6) is 1.45. The Balaban J connectivity index is 1.68. The van der Waals surface area contributed by atoms with Crippen LogP contribution in [0.3, 0.4) is 0 Å². The van der Waals surface area contributed by atoms with Crippen molar-refractivity contribution < 1.29 is 4.74 Å². The van der Waals surface area contributed by atoms with Gasteiger partial charge in [0.15, 0.2) is 0 Å². The van der Waals surface area contributed by atoms with Gasteiger partial charge in [0.1, 0.15) is 23.6 Å². The fourth-order valence-corrected chi connectivity index (χ4v) is 2.34. The summed E-state index contributed by atoms with van der Waals surface area (Å²) in [7, 11) is 0. The quantitative estimate of drug-likeness (QED) is 0.852. The Kier molecular flexibility index (Phi) is 3.65. The first-order valence-electron chi connectivity index (χ1n) is 6.81. The maximum absolute atomic E-state index is 8.89. The summed E-state index contributed by atoms with van der Waals surface area (Å²) >= 11 is 0. The highest BCUT2D eigenvalue weighted by atomic mass is 16.5. The Morgan fingerprint density at radius 1 is 1.38 bits per heavy atom. The predicted octanol–water partition coefficient (Wildman–Crippen LogP) is 1.71. The zero-order valence-electron chi connectivity index (χ0n) is 11.7. The largest absolute Gasteiger partial charge is 0.488 e. The van der Waals surface area contributed by atoms with Gasteiger partial charge in [-0.25, -0.2) is 9.97 Å². The van der Waals surface area contributed by atoms with Crippen LogP contribution in [0.4, 0.5) is 5.95 Å². The van der Waals surface area contributed by atoms with E-state index in [-0.39, 0.29) is 6.10 Å². The van der Waals surface area contributed by atoms with Gasteiger partial charge in [0.25, 0.3) is 0 Å². The molecule has 2 aromatic heterocycles. The standard InChI is InChI=1S/C15H15N5O/c1-11-9-17-5-3-14(11)21-13-4-7-20(10-13)15-18-6-2-12(8-16)19-15/h2-3,5-6,9,13H,4,7,10H2,1H3. The van der Waals surface area contributed by atoms with Crippen LogP contribution in [0.15, 0.2) is 30.7 Å². The highest BCUT2D eigenvalue weighted by Crippen LogP contribution is 2.23. The lowest BCUT2D eigenvalue weighted by Gasteiger charge is -2.17. The average Bonchev–Trinajstić information content (AvgIpc) is 2.98. The molecule has 1 fully saturated rings. The van der Waals surface area contributed by atoms with Crippen molar-refractivity contribution in [3.63, 3.8) is 0 Å². The molecule has 3 rings (SSSR count). The molecule has 0 radical (unpaired) electrons. The SMILES string of the molecule is Cc1cnccc1OC1CCN(c2nccc(C#N)n2)C1. The summed E-state index contributed by atoms with van der Waals surface area (Å²) in [6.45, 7) is 3.52. The maximum atomic E-state index is 8.89. The van der Waals surface area contributed by atoms with E-state index in [1.807, 2.05) is 24.0 Å². The third-order valence-electron chi connectivity index (χ3n) is 3.45. The molecule has 1 unspecified atom stereocenters. The topological polar surface area (TPSA) is 74.9 Å². The molecule has 3 heterocycles. The summed E-state index contributed by atoms with van der Waals surface area (Å²) in [6, 6.07) is 5.52. The number of anilines is 1. The fourth-order valence-electron chi connectivity index (χ4n) is 2.34. The molecule has 0 saturated carbocycles. The molecule has 1 aliphatic heterocycles. The third kappa shape index (κ3) is 2.92. The molecule has 1 atom stereocenters. The van der Waals surface area contributed by atoms with E-state index in [0.29, 0.717) is 11.6 Å². The summed E-state index contributed by atoms with van der Waals surface area (Å²) in [6.07, 6.45) is 6.14. The number of hydrogen-bond donors (Lipinski definition) is 0. The summed E-state index contributed by atoms with van der Waals surface area (Å²) in [4.78, 5) is 14.6. The van der Waals surface area contributed by atoms with Crippen molar-refractivity contribution in [2.75, 3.05) is 18.0 Å². The molecule has 21 heavy (non-hydrogen) atoms. The van der Waals surface area contributed by atoms with Gasteiger partial charge in [-0.3, -0.25) is 4.98 Å². The number of rotatable bonds is 3. The Bertz CT molecular complexity index is 682. The van der Waals surface area contributed by atoms with Crippen LogP contribution in [0, 0.1) is 18.3 Å². The molecule has 1 saturated heterocycles. The molecular weight excluding hydrogens is 266 g/mol. The summed E-state index contributed by atoms with van der Waals surface area (Å²) in [5, 5.41) is 8.89. The van der Waals surface area contributed by atoms with E-state index >= 15 is 0 Å². The van der Waals surface area contributed by atoms with E-state index in [2.05, 4.69) is 15.0 Å². The Morgan fingerprint density at radius 2 is 2.29 bits per heavy atom. The molecular formula is C15H15N5O. The van der Waals surface area contributed by atoms with Gasteiger partial charge in [-0.15, -0.1) is 0 Å². The van der Waals surface area contributed by atoms with E-state index in [1.54, 1.807) is 24.7 Å². The molecule has 0 aliphatic carbocycles. The zero-order chi connectivity index (χ0) is 14.7. The van der Waals surface area contributed by atoms with Crippen LogP contribution in [-0.4, -0.2) is 34.1 Å². The lowest BCUT2D eigenvalue weighted by molar-refractivity contribution is 0.223. The first kappa shape index (κ1) is 13.3. The Labute approximate surface area is 123 Å². The van der Waals surface area contributed by atoms with Crippen LogP contribution in [0.25, 0.3) is 0 Å². The minimum atomic E-state index is 0.0976. The number of ether oxygens (including phenoxy) is 1. The number of nitriles is 1. The van der Waals surface area contributed by atoms with Gasteiger partial charge in [-0.2, -0.15) is 5.26 Å². The normalized spacial score (nSPS) is 17.5. The van der Waals surface area contributed by atoms with Crippen molar-refractivity contribution in [2.24, 2.45) is 0 Å². The molecule has 0 aromatic carbocycles. The van der Waals surface area contributed by atoms with Crippen LogP contribution in [0.1, 0.15) is 17.7 Å². The second-order valence-corrected chi connectivity index (χ2v) is 4.97. The van der Waals surface area contributed by atoms with E-state index in [1.165, 1.54) is 0 Å². The van der Waals surface area contributed by atoms with Gasteiger partial charge < -0.3 is 9.64 Å². The van der Waals surface area contributed by atoms with E-state index < -0.39 is 0 Å². The van der Waals surface area contributed by atoms with Gasteiger partial charge in [0, 0.05) is 37.1 Å². The highest BCUT2D eigenvalue weighted by molar-refractivity contribution is 5.36. The monoisotopic (exact) mass is 281 g/mol. The molecule has 0 N–H and O–H groups in total. The fraction of sp³-hybridized carbons (Fsp3) is 0.333. The summed E-state index contributed by atoms with van der Waals surface area (Å²) < 4.78 is 6.01. The van der Waals surface area contributed by atoms with Crippen molar-refractivity contribution in [3.05, 3.63) is 42.0 Å². The van der Waals surface area contributed by atoms with Gasteiger partial charge in [-0.05, 0) is 19.1 Å². The van der Waals surface area contributed by atoms with E-state index in [9.17, 15) is 0 Å². The van der Waals surface area contributed by atoms with Crippen molar-refractivity contribution in [3.8, 4) is 11.8 Å². The smallest absolute Gasteiger partial charge is 0.226 e. The Hall–Kier alpha value is -2.68. The molecule has 0 amide bonds. The van der Waals surface area contributed by atoms with Crippen molar-refractivity contribution in [1.82, 2.24) is 15.0 Å². The maximum Gasteiger partial charge on any atom is 0.226 e. The van der Waals surface area contributed by atoms with Gasteiger partial charge >= 0.3 is 0 Å². The van der Waals surface area contributed by atoms with Crippen LogP contribution in [0.2, 0.25) is 0 Å². The third-order valence-corrected chi connectivity index (χ3v) is 3.45. The first-order valence-corrected chi connectivity index (χ1v) is 6.81. The molecule has 1 aliphatic rings. The van der Waals surface area contributed by atoms with Crippen molar-refractivity contribution >= 4 is 5.95 Å². The number of nitrogens with zero attached hydrogens (tertiary/aromatic N) is 5. The molecule has 0 spiro atoms. The van der Waals surface area contributed by atoms with Gasteiger partial charge in [0.05, 0.1) is 6.54 Å². The van der Waals surface area contributed by atoms with E-state index in [0.717, 1.165) is 30.8 Å². The van der Waals surface area contributed by atoms with Gasteiger partial charge in [0.2, 0.25) is 5.95 Å². The molecule has 6 heteroatoms. The minimum Gasteiger partial charge on any atom is -0.488 e. The summed E-state index contributed by atoms with van der Waals surface area (Å²) in [5.41, 5.74) is 1.41. The van der Waals surface area contributed by atoms with Crippen LogP contribution in [0.5, 0.6) is 5.75 Å². The Morgan fingerprint density at radius 3 is 3.10 bits per heavy atom. The van der Waals surface area contributed by atoms with Gasteiger partial charge in [-0.1, -0.05) is 0 Å². The minimum absolute atomic E-state index is 0.0976. The number of aryl methyl sites for hydroxylation is 1. The van der Waals surface area contributed by atoms with Crippen molar-refractivity contribution in [2.45, 2.75) is 19.4 Å².